The normalized spacial score (nSPS) is 20.4. The lowest BCUT2D eigenvalue weighted by molar-refractivity contribution is 0.0708. The fraction of sp³-hybridized carbons (Fsp3) is 0.375. The standard InChI is InChI=1S/C24H26FN5OS/c1-2-20-26-24-30(27-20)23(31)22(32-24)21(18-10-6-7-11-19(18)25)29-14-12-28(13-15-29)16-17-8-4-3-5-9-17/h3-11,21-22H,2,12-16H2,1H3. The summed E-state index contributed by atoms with van der Waals surface area (Å²) < 4.78 is 16.3. The van der Waals surface area contributed by atoms with Crippen molar-refractivity contribution in [1.82, 2.24) is 24.6 Å². The molecule has 2 atom stereocenters. The summed E-state index contributed by atoms with van der Waals surface area (Å²) >= 11 is 1.41. The Morgan fingerprint density at radius 1 is 1.06 bits per heavy atom. The molecule has 2 aliphatic heterocycles. The van der Waals surface area contributed by atoms with Gasteiger partial charge in [0.25, 0.3) is 5.91 Å². The number of carbonyl (C=O) groups excluding carboxylic acids is 1. The van der Waals surface area contributed by atoms with Crippen molar-refractivity contribution < 1.29 is 9.18 Å². The van der Waals surface area contributed by atoms with Gasteiger partial charge in [0.1, 0.15) is 11.1 Å². The number of nitrogens with zero attached hydrogens (tertiary/aromatic N) is 5. The Morgan fingerprint density at radius 2 is 1.78 bits per heavy atom. The molecule has 0 amide bonds. The van der Waals surface area contributed by atoms with Gasteiger partial charge in [0.2, 0.25) is 0 Å². The molecule has 0 N–H and O–H groups in total. The Kier molecular flexibility index (Phi) is 6.08. The van der Waals surface area contributed by atoms with E-state index in [1.807, 2.05) is 19.1 Å². The molecule has 32 heavy (non-hydrogen) atoms. The molecule has 1 aromatic heterocycles. The highest BCUT2D eigenvalue weighted by Gasteiger charge is 2.44. The minimum absolute atomic E-state index is 0.114. The van der Waals surface area contributed by atoms with Gasteiger partial charge in [0.05, 0.1) is 6.04 Å². The van der Waals surface area contributed by atoms with Crippen molar-refractivity contribution in [2.75, 3.05) is 26.2 Å². The van der Waals surface area contributed by atoms with Crippen LogP contribution in [0.2, 0.25) is 0 Å². The number of rotatable bonds is 6. The van der Waals surface area contributed by atoms with Crippen molar-refractivity contribution in [2.45, 2.75) is 36.3 Å². The van der Waals surface area contributed by atoms with E-state index < -0.39 is 5.25 Å². The van der Waals surface area contributed by atoms with E-state index in [1.165, 1.54) is 28.1 Å². The van der Waals surface area contributed by atoms with Gasteiger partial charge in [-0.3, -0.25) is 14.6 Å². The van der Waals surface area contributed by atoms with Gasteiger partial charge in [-0.15, -0.1) is 5.10 Å². The van der Waals surface area contributed by atoms with Crippen molar-refractivity contribution in [1.29, 1.82) is 0 Å². The zero-order valence-electron chi connectivity index (χ0n) is 18.0. The molecule has 166 valence electrons. The zero-order chi connectivity index (χ0) is 22.1. The molecule has 1 saturated heterocycles. The van der Waals surface area contributed by atoms with Crippen LogP contribution in [-0.4, -0.2) is 61.9 Å². The molecule has 2 aromatic carbocycles. The number of aryl methyl sites for hydroxylation is 1. The molecular formula is C24H26FN5OS. The number of carbonyl (C=O) groups is 1. The number of aromatic nitrogens is 3. The van der Waals surface area contributed by atoms with Gasteiger partial charge < -0.3 is 0 Å². The minimum Gasteiger partial charge on any atom is -0.297 e. The Balaban J connectivity index is 1.37. The van der Waals surface area contributed by atoms with Crippen molar-refractivity contribution in [3.63, 3.8) is 0 Å². The Morgan fingerprint density at radius 3 is 2.47 bits per heavy atom. The van der Waals surface area contributed by atoms with Gasteiger partial charge in [-0.25, -0.2) is 9.37 Å². The molecule has 1 fully saturated rings. The molecule has 0 bridgehead atoms. The first kappa shape index (κ1) is 21.3. The second-order valence-corrected chi connectivity index (χ2v) is 9.33. The van der Waals surface area contributed by atoms with Crippen LogP contribution in [0.4, 0.5) is 4.39 Å². The van der Waals surface area contributed by atoms with Gasteiger partial charge in [-0.2, -0.15) is 4.68 Å². The fourth-order valence-electron chi connectivity index (χ4n) is 4.50. The highest BCUT2D eigenvalue weighted by atomic mass is 32.2. The Bertz CT molecular complexity index is 1100. The number of piperazine rings is 1. The van der Waals surface area contributed by atoms with Crippen LogP contribution in [0.5, 0.6) is 0 Å². The summed E-state index contributed by atoms with van der Waals surface area (Å²) in [5.74, 6) is 0.276. The quantitative estimate of drug-likeness (QED) is 0.570. The third-order valence-electron chi connectivity index (χ3n) is 6.18. The number of hydrogen-bond acceptors (Lipinski definition) is 6. The van der Waals surface area contributed by atoms with Gasteiger partial charge in [0, 0.05) is 44.7 Å². The molecule has 0 aliphatic carbocycles. The van der Waals surface area contributed by atoms with E-state index in [0.717, 1.165) is 32.7 Å². The average Bonchev–Trinajstić information content (AvgIpc) is 3.36. The van der Waals surface area contributed by atoms with E-state index in [9.17, 15) is 9.18 Å². The lowest BCUT2D eigenvalue weighted by Gasteiger charge is -2.41. The molecule has 0 spiro atoms. The second-order valence-electron chi connectivity index (χ2n) is 8.22. The first-order chi connectivity index (χ1) is 15.6. The minimum atomic E-state index is -0.464. The predicted octanol–water partition coefficient (Wildman–Crippen LogP) is 3.65. The summed E-state index contributed by atoms with van der Waals surface area (Å²) in [6, 6.07) is 16.9. The lowest BCUT2D eigenvalue weighted by Crippen LogP contribution is -2.50. The summed E-state index contributed by atoms with van der Waals surface area (Å²) in [6.45, 7) is 6.14. The third-order valence-corrected chi connectivity index (χ3v) is 7.37. The van der Waals surface area contributed by atoms with Crippen LogP contribution in [-0.2, 0) is 13.0 Å². The van der Waals surface area contributed by atoms with E-state index in [2.05, 4.69) is 44.1 Å². The van der Waals surface area contributed by atoms with Crippen molar-refractivity contribution >= 4 is 17.7 Å². The Hall–Kier alpha value is -2.55. The third kappa shape index (κ3) is 4.10. The van der Waals surface area contributed by atoms with Crippen molar-refractivity contribution in [2.24, 2.45) is 0 Å². The molecule has 8 heteroatoms. The maximum Gasteiger partial charge on any atom is 0.264 e. The topological polar surface area (TPSA) is 54.3 Å². The largest absolute Gasteiger partial charge is 0.297 e. The first-order valence-electron chi connectivity index (χ1n) is 11.1. The second kappa shape index (κ2) is 9.13. The van der Waals surface area contributed by atoms with Crippen LogP contribution in [0, 0.1) is 5.82 Å². The highest BCUT2D eigenvalue weighted by molar-refractivity contribution is 8.00. The van der Waals surface area contributed by atoms with Gasteiger partial charge in [-0.1, -0.05) is 67.2 Å². The molecular weight excluding hydrogens is 425 g/mol. The highest BCUT2D eigenvalue weighted by Crippen LogP contribution is 2.41. The molecule has 2 unspecified atom stereocenters. The average molecular weight is 452 g/mol. The van der Waals surface area contributed by atoms with Crippen LogP contribution in [0.25, 0.3) is 0 Å². The van der Waals surface area contributed by atoms with E-state index in [1.54, 1.807) is 12.1 Å². The summed E-state index contributed by atoms with van der Waals surface area (Å²) in [4.78, 5) is 22.4. The van der Waals surface area contributed by atoms with Crippen LogP contribution in [0.15, 0.2) is 59.8 Å². The maximum absolute atomic E-state index is 14.9. The van der Waals surface area contributed by atoms with E-state index in [0.29, 0.717) is 23.0 Å². The smallest absolute Gasteiger partial charge is 0.264 e. The number of halogens is 1. The number of benzene rings is 2. The van der Waals surface area contributed by atoms with Crippen LogP contribution >= 0.6 is 11.8 Å². The number of fused-ring (bicyclic) bond motifs is 1. The fourth-order valence-corrected chi connectivity index (χ4v) is 5.76. The molecule has 0 saturated carbocycles. The summed E-state index contributed by atoms with van der Waals surface area (Å²) in [5.41, 5.74) is 1.85. The van der Waals surface area contributed by atoms with Crippen LogP contribution in [0.3, 0.4) is 0 Å². The maximum atomic E-state index is 14.9. The number of thioether (sulfide) groups is 1. The summed E-state index contributed by atoms with van der Waals surface area (Å²) in [7, 11) is 0. The van der Waals surface area contributed by atoms with Crippen molar-refractivity contribution in [3.8, 4) is 0 Å². The van der Waals surface area contributed by atoms with Gasteiger partial charge >= 0.3 is 0 Å². The molecule has 3 aromatic rings. The lowest BCUT2D eigenvalue weighted by atomic mass is 9.99. The SMILES string of the molecule is CCc1nc2n(n1)C(=O)C(C(c1ccccc1F)N1CCN(Cc3ccccc3)CC1)S2. The van der Waals surface area contributed by atoms with E-state index >= 15 is 0 Å². The molecule has 5 rings (SSSR count). The van der Waals surface area contributed by atoms with E-state index in [4.69, 9.17) is 0 Å². The van der Waals surface area contributed by atoms with E-state index in [-0.39, 0.29) is 17.8 Å². The monoisotopic (exact) mass is 451 g/mol. The van der Waals surface area contributed by atoms with Crippen LogP contribution in [0.1, 0.15) is 34.7 Å². The zero-order valence-corrected chi connectivity index (χ0v) is 18.8. The van der Waals surface area contributed by atoms with Crippen LogP contribution < -0.4 is 0 Å². The van der Waals surface area contributed by atoms with Gasteiger partial charge in [-0.05, 0) is 11.6 Å². The van der Waals surface area contributed by atoms with Gasteiger partial charge in [0.15, 0.2) is 11.0 Å². The summed E-state index contributed by atoms with van der Waals surface area (Å²) in [6.07, 6.45) is 0.679. The molecule has 2 aliphatic rings. The first-order valence-corrected chi connectivity index (χ1v) is 11.9. The molecule has 0 radical (unpaired) electrons. The van der Waals surface area contributed by atoms with Crippen molar-refractivity contribution in [3.05, 3.63) is 77.4 Å². The number of hydrogen-bond donors (Lipinski definition) is 0. The summed E-state index contributed by atoms with van der Waals surface area (Å²) in [5, 5.41) is 4.51. The Labute approximate surface area is 191 Å². The molecule has 3 heterocycles. The predicted molar refractivity (Wildman–Crippen MR) is 122 cm³/mol. The molecule has 6 nitrogen and oxygen atoms in total.